The van der Waals surface area contributed by atoms with Crippen LogP contribution in [0.5, 0.6) is 0 Å². The van der Waals surface area contributed by atoms with E-state index in [4.69, 9.17) is 16.9 Å². The van der Waals surface area contributed by atoms with Crippen LogP contribution < -0.4 is 5.32 Å². The molecule has 4 atom stereocenters. The van der Waals surface area contributed by atoms with Gasteiger partial charge in [0.2, 0.25) is 0 Å². The zero-order valence-electron chi connectivity index (χ0n) is 11.1. The zero-order valence-corrected chi connectivity index (χ0v) is 11.8. The van der Waals surface area contributed by atoms with E-state index in [1.807, 2.05) is 0 Å². The molecule has 19 heavy (non-hydrogen) atoms. The molecule has 0 aromatic carbocycles. The van der Waals surface area contributed by atoms with Crippen molar-refractivity contribution in [1.29, 1.82) is 5.26 Å². The molecule has 4 heteroatoms. The van der Waals surface area contributed by atoms with Crippen molar-refractivity contribution in [2.45, 2.75) is 38.6 Å². The Morgan fingerprint density at radius 2 is 2.26 bits per heavy atom. The summed E-state index contributed by atoms with van der Waals surface area (Å²) in [6, 6.07) is 5.88. The molecule has 3 rings (SSSR count). The number of rotatable bonds is 3. The summed E-state index contributed by atoms with van der Waals surface area (Å²) in [5.74, 6) is 3.28. The van der Waals surface area contributed by atoms with E-state index in [1.165, 1.54) is 25.7 Å². The van der Waals surface area contributed by atoms with Crippen LogP contribution >= 0.6 is 11.6 Å². The minimum absolute atomic E-state index is 0.377. The first-order valence-corrected chi connectivity index (χ1v) is 7.37. The van der Waals surface area contributed by atoms with Crippen LogP contribution in [0, 0.1) is 29.1 Å². The summed E-state index contributed by atoms with van der Waals surface area (Å²) in [6.45, 7) is 2.22. The molecule has 1 heterocycles. The summed E-state index contributed by atoms with van der Waals surface area (Å²) < 4.78 is 0. The van der Waals surface area contributed by atoms with Crippen LogP contribution in [0.2, 0.25) is 5.15 Å². The van der Waals surface area contributed by atoms with Crippen molar-refractivity contribution in [2.24, 2.45) is 17.8 Å². The molecule has 2 saturated carbocycles. The number of nitrogens with zero attached hydrogens (tertiary/aromatic N) is 2. The van der Waals surface area contributed by atoms with Gasteiger partial charge in [-0.25, -0.2) is 4.98 Å². The van der Waals surface area contributed by atoms with Crippen LogP contribution in [-0.2, 0) is 0 Å². The first kappa shape index (κ1) is 12.7. The minimum Gasteiger partial charge on any atom is -0.367 e. The fourth-order valence-electron chi connectivity index (χ4n) is 3.88. The number of hydrogen-bond donors (Lipinski definition) is 1. The van der Waals surface area contributed by atoms with Gasteiger partial charge in [-0.2, -0.15) is 5.26 Å². The van der Waals surface area contributed by atoms with Gasteiger partial charge in [-0.3, -0.25) is 0 Å². The van der Waals surface area contributed by atoms with Gasteiger partial charge in [0.05, 0.1) is 11.6 Å². The van der Waals surface area contributed by atoms with E-state index in [1.54, 1.807) is 12.1 Å². The highest BCUT2D eigenvalue weighted by Gasteiger charge is 2.41. The van der Waals surface area contributed by atoms with E-state index < -0.39 is 0 Å². The summed E-state index contributed by atoms with van der Waals surface area (Å²) in [6.07, 6.45) is 5.54. The molecule has 0 saturated heterocycles. The fourth-order valence-corrected chi connectivity index (χ4v) is 4.09. The molecule has 2 bridgehead atoms. The van der Waals surface area contributed by atoms with Gasteiger partial charge in [-0.05, 0) is 56.1 Å². The normalized spacial score (nSPS) is 30.1. The van der Waals surface area contributed by atoms with Crippen molar-refractivity contribution in [3.05, 3.63) is 22.8 Å². The Balaban J connectivity index is 1.71. The van der Waals surface area contributed by atoms with Crippen LogP contribution in [-0.4, -0.2) is 11.0 Å². The van der Waals surface area contributed by atoms with Crippen molar-refractivity contribution in [3.63, 3.8) is 0 Å². The molecular formula is C15H18ClN3. The summed E-state index contributed by atoms with van der Waals surface area (Å²) in [5, 5.41) is 12.8. The number of nitrogens with one attached hydrogen (secondary N) is 1. The van der Waals surface area contributed by atoms with Gasteiger partial charge in [0, 0.05) is 6.04 Å². The average Bonchev–Trinajstić information content (AvgIpc) is 3.00. The van der Waals surface area contributed by atoms with Gasteiger partial charge in [-0.15, -0.1) is 0 Å². The van der Waals surface area contributed by atoms with E-state index >= 15 is 0 Å². The van der Waals surface area contributed by atoms with E-state index in [9.17, 15) is 0 Å². The molecular weight excluding hydrogens is 258 g/mol. The third kappa shape index (κ3) is 2.55. The topological polar surface area (TPSA) is 48.7 Å². The largest absolute Gasteiger partial charge is 0.367 e. The Hall–Kier alpha value is -1.27. The molecule has 2 aliphatic rings. The molecule has 3 nitrogen and oxygen atoms in total. The SMILES string of the molecule is CC(Nc1cc(C#N)cc(Cl)n1)C1CC2CCC1C2. The molecule has 0 radical (unpaired) electrons. The molecule has 4 unspecified atom stereocenters. The molecule has 1 aromatic heterocycles. The lowest BCUT2D eigenvalue weighted by Gasteiger charge is -2.29. The van der Waals surface area contributed by atoms with E-state index in [2.05, 4.69) is 23.3 Å². The van der Waals surface area contributed by atoms with E-state index in [0.29, 0.717) is 16.8 Å². The Bertz CT molecular complexity index is 523. The molecule has 2 aliphatic carbocycles. The van der Waals surface area contributed by atoms with Gasteiger partial charge in [0.1, 0.15) is 11.0 Å². The summed E-state index contributed by atoms with van der Waals surface area (Å²) in [7, 11) is 0. The number of pyridine rings is 1. The van der Waals surface area contributed by atoms with Gasteiger partial charge in [0.15, 0.2) is 0 Å². The Labute approximate surface area is 119 Å². The number of fused-ring (bicyclic) bond motifs is 2. The highest BCUT2D eigenvalue weighted by Crippen LogP contribution is 2.49. The number of anilines is 1. The van der Waals surface area contributed by atoms with Crippen molar-refractivity contribution in [3.8, 4) is 6.07 Å². The maximum Gasteiger partial charge on any atom is 0.132 e. The zero-order chi connectivity index (χ0) is 13.4. The van der Waals surface area contributed by atoms with Crippen molar-refractivity contribution < 1.29 is 0 Å². The lowest BCUT2D eigenvalue weighted by Crippen LogP contribution is -2.30. The van der Waals surface area contributed by atoms with Crippen LogP contribution in [0.3, 0.4) is 0 Å². The van der Waals surface area contributed by atoms with Gasteiger partial charge >= 0.3 is 0 Å². The number of nitriles is 1. The molecule has 2 fully saturated rings. The van der Waals surface area contributed by atoms with Gasteiger partial charge in [-0.1, -0.05) is 18.0 Å². The van der Waals surface area contributed by atoms with E-state index in [-0.39, 0.29) is 0 Å². The Kier molecular flexibility index (Phi) is 3.36. The second-order valence-corrected chi connectivity index (χ2v) is 6.33. The third-order valence-electron chi connectivity index (χ3n) is 4.73. The summed E-state index contributed by atoms with van der Waals surface area (Å²) in [4.78, 5) is 4.26. The second kappa shape index (κ2) is 5.02. The first-order chi connectivity index (χ1) is 9.15. The second-order valence-electron chi connectivity index (χ2n) is 5.95. The molecule has 0 aliphatic heterocycles. The predicted octanol–water partition coefficient (Wildman–Crippen LogP) is 3.84. The van der Waals surface area contributed by atoms with Crippen LogP contribution in [0.4, 0.5) is 5.82 Å². The molecule has 0 amide bonds. The van der Waals surface area contributed by atoms with Crippen molar-refractivity contribution in [1.82, 2.24) is 4.98 Å². The van der Waals surface area contributed by atoms with E-state index in [0.717, 1.165) is 23.6 Å². The van der Waals surface area contributed by atoms with Crippen LogP contribution in [0.1, 0.15) is 38.2 Å². The minimum atomic E-state index is 0.377. The lowest BCUT2D eigenvalue weighted by atomic mass is 9.84. The molecule has 0 spiro atoms. The first-order valence-electron chi connectivity index (χ1n) is 7.00. The maximum atomic E-state index is 8.95. The van der Waals surface area contributed by atoms with Crippen molar-refractivity contribution >= 4 is 17.4 Å². The Morgan fingerprint density at radius 1 is 1.42 bits per heavy atom. The molecule has 1 aromatic rings. The molecule has 100 valence electrons. The molecule has 1 N–H and O–H groups in total. The lowest BCUT2D eigenvalue weighted by molar-refractivity contribution is 0.304. The highest BCUT2D eigenvalue weighted by atomic mass is 35.5. The Morgan fingerprint density at radius 3 is 2.89 bits per heavy atom. The standard InChI is InChI=1S/C15H18ClN3/c1-9(13-5-10-2-3-12(13)4-10)18-15-7-11(8-17)6-14(16)19-15/h6-7,9-10,12-13H,2-5H2,1H3,(H,18,19). The van der Waals surface area contributed by atoms with Crippen LogP contribution in [0.25, 0.3) is 0 Å². The number of hydrogen-bond acceptors (Lipinski definition) is 3. The van der Waals surface area contributed by atoms with Gasteiger partial charge < -0.3 is 5.32 Å². The summed E-state index contributed by atoms with van der Waals surface area (Å²) >= 11 is 5.93. The highest BCUT2D eigenvalue weighted by molar-refractivity contribution is 6.29. The number of halogens is 1. The summed E-state index contributed by atoms with van der Waals surface area (Å²) in [5.41, 5.74) is 0.558. The van der Waals surface area contributed by atoms with Crippen LogP contribution in [0.15, 0.2) is 12.1 Å². The van der Waals surface area contributed by atoms with Crippen molar-refractivity contribution in [2.75, 3.05) is 5.32 Å². The monoisotopic (exact) mass is 275 g/mol. The fraction of sp³-hybridized carbons (Fsp3) is 0.600. The quantitative estimate of drug-likeness (QED) is 0.853. The van der Waals surface area contributed by atoms with Gasteiger partial charge in [0.25, 0.3) is 0 Å². The smallest absolute Gasteiger partial charge is 0.132 e. The average molecular weight is 276 g/mol. The number of aromatic nitrogens is 1. The predicted molar refractivity (Wildman–Crippen MR) is 76.0 cm³/mol. The third-order valence-corrected chi connectivity index (χ3v) is 4.93. The maximum absolute atomic E-state index is 8.95.